The molecule has 2 bridgehead atoms. The zero-order valence-electron chi connectivity index (χ0n) is 24.5. The molecule has 3 aliphatic rings. The van der Waals surface area contributed by atoms with Gasteiger partial charge in [-0.15, -0.1) is 0 Å². The van der Waals surface area contributed by atoms with E-state index in [0.717, 1.165) is 55.2 Å². The van der Waals surface area contributed by atoms with Crippen molar-refractivity contribution in [1.29, 1.82) is 0 Å². The van der Waals surface area contributed by atoms with E-state index in [1.165, 1.54) is 11.1 Å². The standard InChI is InChI=1S/C32H41ClN2O4.CH2O2/c1-3-6-21-15-25(33)10-12-26(21)24-19-35-18-23-8-11-27(23)29(36)7-4-5-14-34(2)32(38)17-30(37)22-9-13-31(39-20-24)28(35)16-22;2-1-3/h4-5,9-10,12-13,15-16,23-24,27,29-30,36-37H,3,6-8,11,14,17-20H2,1-2H3;1H,(H,2,3)/b5-4-;. The van der Waals surface area contributed by atoms with Gasteiger partial charge in [-0.1, -0.05) is 49.2 Å². The van der Waals surface area contributed by atoms with Crippen molar-refractivity contribution in [1.82, 2.24) is 4.90 Å². The molecule has 0 saturated heterocycles. The van der Waals surface area contributed by atoms with Crippen LogP contribution in [0.1, 0.15) is 67.7 Å². The molecule has 1 aliphatic carbocycles. The van der Waals surface area contributed by atoms with E-state index < -0.39 is 12.2 Å². The highest BCUT2D eigenvalue weighted by molar-refractivity contribution is 6.30. The van der Waals surface area contributed by atoms with Gasteiger partial charge < -0.3 is 29.9 Å². The van der Waals surface area contributed by atoms with Gasteiger partial charge in [0.15, 0.2) is 0 Å². The number of benzene rings is 2. The Labute approximate surface area is 253 Å². The van der Waals surface area contributed by atoms with E-state index in [2.05, 4.69) is 24.0 Å². The number of aliphatic hydroxyl groups is 2. The van der Waals surface area contributed by atoms with Gasteiger partial charge in [-0.3, -0.25) is 9.59 Å². The summed E-state index contributed by atoms with van der Waals surface area (Å²) in [5.41, 5.74) is 4.20. The number of carbonyl (C=O) groups excluding carboxylic acids is 1. The predicted octanol–water partition coefficient (Wildman–Crippen LogP) is 5.20. The fraction of sp³-hybridized carbons (Fsp3) is 0.515. The molecule has 8 nitrogen and oxygen atoms in total. The van der Waals surface area contributed by atoms with Crippen LogP contribution in [-0.2, 0) is 16.0 Å². The quantitative estimate of drug-likeness (QED) is 0.329. The topological polar surface area (TPSA) is 111 Å². The van der Waals surface area contributed by atoms with Gasteiger partial charge in [-0.2, -0.15) is 0 Å². The minimum Gasteiger partial charge on any atom is -0.491 e. The summed E-state index contributed by atoms with van der Waals surface area (Å²) >= 11 is 6.38. The summed E-state index contributed by atoms with van der Waals surface area (Å²) in [4.78, 5) is 25.2. The lowest BCUT2D eigenvalue weighted by Gasteiger charge is -2.43. The van der Waals surface area contributed by atoms with Crippen LogP contribution in [0, 0.1) is 11.8 Å². The summed E-state index contributed by atoms with van der Waals surface area (Å²) in [6.07, 6.45) is 7.35. The predicted molar refractivity (Wildman–Crippen MR) is 164 cm³/mol. The largest absolute Gasteiger partial charge is 0.491 e. The molecular weight excluding hydrogens is 556 g/mol. The molecule has 2 aromatic carbocycles. The third-order valence-electron chi connectivity index (χ3n) is 8.80. The van der Waals surface area contributed by atoms with E-state index in [9.17, 15) is 15.0 Å². The van der Waals surface area contributed by atoms with Gasteiger partial charge in [0.1, 0.15) is 5.75 Å². The van der Waals surface area contributed by atoms with Crippen LogP contribution in [0.15, 0.2) is 48.6 Å². The summed E-state index contributed by atoms with van der Waals surface area (Å²) in [5, 5.41) is 29.7. The molecule has 2 aromatic rings. The fourth-order valence-electron chi connectivity index (χ4n) is 6.33. The zero-order chi connectivity index (χ0) is 30.2. The Morgan fingerprint density at radius 2 is 1.88 bits per heavy atom. The van der Waals surface area contributed by atoms with E-state index in [1.54, 1.807) is 11.9 Å². The van der Waals surface area contributed by atoms with Gasteiger partial charge >= 0.3 is 0 Å². The SMILES string of the molecule is CCCc1cc(Cl)ccc1C1COc2ccc3cc2N(C1)CC1CCC1C(O)C/C=C\CN(C)C(=O)CC3O.O=CO. The number of aliphatic hydroxyl groups excluding tert-OH is 2. The molecule has 5 unspecified atom stereocenters. The summed E-state index contributed by atoms with van der Waals surface area (Å²) in [5.74, 6) is 1.45. The lowest BCUT2D eigenvalue weighted by Crippen LogP contribution is -2.44. The van der Waals surface area contributed by atoms with Crippen LogP contribution >= 0.6 is 11.6 Å². The van der Waals surface area contributed by atoms with E-state index in [4.69, 9.17) is 26.2 Å². The lowest BCUT2D eigenvalue weighted by atomic mass is 9.69. The number of nitrogens with zero attached hydrogens (tertiary/aromatic N) is 2. The molecule has 2 heterocycles. The number of amides is 1. The van der Waals surface area contributed by atoms with Crippen LogP contribution in [0.25, 0.3) is 0 Å². The number of carboxylic acid groups (broad SMARTS) is 1. The van der Waals surface area contributed by atoms with Crippen molar-refractivity contribution in [3.05, 3.63) is 70.3 Å². The van der Waals surface area contributed by atoms with Crippen molar-refractivity contribution < 1.29 is 29.6 Å². The number of hydrogen-bond acceptors (Lipinski definition) is 6. The Hall–Kier alpha value is -3.07. The zero-order valence-corrected chi connectivity index (χ0v) is 25.2. The molecule has 228 valence electrons. The third kappa shape index (κ3) is 7.65. The Balaban J connectivity index is 0.00000129. The summed E-state index contributed by atoms with van der Waals surface area (Å²) in [6, 6.07) is 12.0. The first-order valence-electron chi connectivity index (χ1n) is 14.9. The Morgan fingerprint density at radius 1 is 1.10 bits per heavy atom. The highest BCUT2D eigenvalue weighted by atomic mass is 35.5. The van der Waals surface area contributed by atoms with Crippen LogP contribution in [0.4, 0.5) is 5.69 Å². The van der Waals surface area contributed by atoms with Gasteiger partial charge in [0, 0.05) is 37.6 Å². The number of halogens is 1. The maximum Gasteiger partial charge on any atom is 0.290 e. The monoisotopic (exact) mass is 598 g/mol. The normalized spacial score (nSPS) is 26.9. The van der Waals surface area contributed by atoms with E-state index in [1.807, 2.05) is 36.4 Å². The molecule has 1 amide bonds. The Kier molecular flexibility index (Phi) is 11.3. The van der Waals surface area contributed by atoms with Gasteiger partial charge in [-0.05, 0) is 78.5 Å². The number of anilines is 1. The molecule has 0 radical (unpaired) electrons. The number of carbonyl (C=O) groups is 2. The number of ether oxygens (including phenoxy) is 1. The minimum atomic E-state index is -0.895. The molecule has 1 saturated carbocycles. The van der Waals surface area contributed by atoms with E-state index >= 15 is 0 Å². The van der Waals surface area contributed by atoms with Crippen molar-refractivity contribution in [2.45, 2.75) is 63.6 Å². The maximum atomic E-state index is 12.8. The second kappa shape index (κ2) is 14.9. The van der Waals surface area contributed by atoms with Crippen LogP contribution in [-0.4, -0.2) is 72.0 Å². The molecule has 9 heteroatoms. The number of aryl methyl sites for hydroxylation is 1. The molecule has 2 aliphatic heterocycles. The summed E-state index contributed by atoms with van der Waals surface area (Å²) < 4.78 is 6.43. The second-order valence-corrected chi connectivity index (χ2v) is 12.0. The highest BCUT2D eigenvalue weighted by Crippen LogP contribution is 2.43. The third-order valence-corrected chi connectivity index (χ3v) is 9.03. The Bertz CT molecular complexity index is 1250. The summed E-state index contributed by atoms with van der Waals surface area (Å²) in [6.45, 7) is 4.53. The van der Waals surface area contributed by atoms with E-state index in [-0.39, 0.29) is 30.6 Å². The highest BCUT2D eigenvalue weighted by Gasteiger charge is 2.38. The Morgan fingerprint density at radius 3 is 2.60 bits per heavy atom. The number of fused-ring (bicyclic) bond motifs is 2. The van der Waals surface area contributed by atoms with Crippen molar-refractivity contribution in [3.8, 4) is 5.75 Å². The minimum absolute atomic E-state index is 0.0189. The van der Waals surface area contributed by atoms with E-state index in [0.29, 0.717) is 31.1 Å². The molecule has 5 rings (SSSR count). The van der Waals surface area contributed by atoms with Crippen LogP contribution < -0.4 is 9.64 Å². The number of rotatable bonds is 3. The molecule has 1 fully saturated rings. The maximum absolute atomic E-state index is 12.8. The van der Waals surface area contributed by atoms with Crippen molar-refractivity contribution in [2.24, 2.45) is 11.8 Å². The van der Waals surface area contributed by atoms with Crippen molar-refractivity contribution >= 4 is 29.7 Å². The fourth-order valence-corrected chi connectivity index (χ4v) is 6.53. The molecule has 0 aromatic heterocycles. The average Bonchev–Trinajstić information content (AvgIpc) is 3.12. The molecule has 5 atom stereocenters. The first-order chi connectivity index (χ1) is 20.2. The molecule has 42 heavy (non-hydrogen) atoms. The summed E-state index contributed by atoms with van der Waals surface area (Å²) in [7, 11) is 1.75. The van der Waals surface area contributed by atoms with Crippen LogP contribution in [0.3, 0.4) is 0 Å². The first kappa shape index (κ1) is 31.9. The second-order valence-electron chi connectivity index (χ2n) is 11.6. The van der Waals surface area contributed by atoms with Gasteiger partial charge in [0.05, 0.1) is 30.9 Å². The lowest BCUT2D eigenvalue weighted by molar-refractivity contribution is -0.131. The molecule has 3 N–H and O–H groups in total. The smallest absolute Gasteiger partial charge is 0.290 e. The number of likely N-dealkylation sites (N-methyl/N-ethyl adjacent to an activating group) is 1. The van der Waals surface area contributed by atoms with Gasteiger partial charge in [-0.25, -0.2) is 0 Å². The number of hydrogen-bond donors (Lipinski definition) is 3. The van der Waals surface area contributed by atoms with Crippen molar-refractivity contribution in [2.75, 3.05) is 38.2 Å². The van der Waals surface area contributed by atoms with Crippen molar-refractivity contribution in [3.63, 3.8) is 0 Å². The van der Waals surface area contributed by atoms with Crippen LogP contribution in [0.5, 0.6) is 5.75 Å². The van der Waals surface area contributed by atoms with Crippen LogP contribution in [0.2, 0.25) is 5.02 Å². The molecule has 0 spiro atoms. The van der Waals surface area contributed by atoms with Gasteiger partial charge in [0.2, 0.25) is 5.91 Å². The molecular formula is C33H43ClN2O6. The van der Waals surface area contributed by atoms with Gasteiger partial charge in [0.25, 0.3) is 6.47 Å². The average molecular weight is 599 g/mol. The first-order valence-corrected chi connectivity index (χ1v) is 15.3.